The second-order valence-corrected chi connectivity index (χ2v) is 9.25. The van der Waals surface area contributed by atoms with Gasteiger partial charge in [-0.15, -0.1) is 11.8 Å². The summed E-state index contributed by atoms with van der Waals surface area (Å²) in [6.45, 7) is 2.15. The molecule has 0 amide bonds. The van der Waals surface area contributed by atoms with Crippen LogP contribution in [-0.4, -0.2) is 45.9 Å². The fourth-order valence-electron chi connectivity index (χ4n) is 2.25. The maximum Gasteiger partial charge on any atom is 0.521 e. The van der Waals surface area contributed by atoms with Crippen molar-refractivity contribution in [2.24, 2.45) is 0 Å². The number of imidazole rings is 1. The molecule has 21 heavy (non-hydrogen) atoms. The molecule has 0 spiro atoms. The van der Waals surface area contributed by atoms with Gasteiger partial charge in [0.05, 0.1) is 11.0 Å². The molecule has 0 aliphatic rings. The number of para-hydroxylation sites is 2. The average molecular weight is 326 g/mol. The van der Waals surface area contributed by atoms with Gasteiger partial charge in [-0.25, -0.2) is 4.98 Å². The highest BCUT2D eigenvalue weighted by Gasteiger charge is 2.50. The van der Waals surface area contributed by atoms with Gasteiger partial charge in [-0.3, -0.25) is 0 Å². The highest BCUT2D eigenvalue weighted by atomic mass is 32.2. The van der Waals surface area contributed by atoms with Crippen LogP contribution in [0.4, 0.5) is 0 Å². The monoisotopic (exact) mass is 326 g/mol. The fraction of sp³-hybridized carbons (Fsp3) is 0.500. The summed E-state index contributed by atoms with van der Waals surface area (Å²) in [5, 5.41) is 0. The Morgan fingerprint density at radius 1 is 1.19 bits per heavy atom. The van der Waals surface area contributed by atoms with Crippen molar-refractivity contribution >= 4 is 31.6 Å². The normalized spacial score (nSPS) is 13.7. The predicted octanol–water partition coefficient (Wildman–Crippen LogP) is 3.16. The molecule has 7 heteroatoms. The molecule has 116 valence electrons. The molecule has 0 saturated carbocycles. The Kier molecular flexibility index (Phi) is 5.83. The van der Waals surface area contributed by atoms with E-state index in [-0.39, 0.29) is 4.87 Å². The van der Waals surface area contributed by atoms with E-state index in [0.717, 1.165) is 29.0 Å². The zero-order valence-corrected chi connectivity index (χ0v) is 14.7. The summed E-state index contributed by atoms with van der Waals surface area (Å²) >= 11 is 1.76. The lowest BCUT2D eigenvalue weighted by molar-refractivity contribution is 0.121. The molecule has 1 aromatic carbocycles. The summed E-state index contributed by atoms with van der Waals surface area (Å²) in [5.41, 5.74) is 1.96. The van der Waals surface area contributed by atoms with Gasteiger partial charge in [-0.2, -0.15) is 0 Å². The van der Waals surface area contributed by atoms with E-state index in [9.17, 15) is 0 Å². The van der Waals surface area contributed by atoms with Crippen LogP contribution in [0.15, 0.2) is 24.3 Å². The first-order chi connectivity index (χ1) is 10.2. The zero-order chi connectivity index (χ0) is 15.3. The molecule has 1 atom stereocenters. The van der Waals surface area contributed by atoms with E-state index in [2.05, 4.69) is 11.9 Å². The first kappa shape index (κ1) is 16.5. The fourth-order valence-corrected chi connectivity index (χ4v) is 6.64. The van der Waals surface area contributed by atoms with Gasteiger partial charge in [0, 0.05) is 21.3 Å². The van der Waals surface area contributed by atoms with Crippen molar-refractivity contribution in [3.05, 3.63) is 30.1 Å². The minimum Gasteiger partial charge on any atom is -0.376 e. The van der Waals surface area contributed by atoms with Gasteiger partial charge in [0.15, 0.2) is 0 Å². The molecule has 0 saturated heterocycles. The standard InChI is InChI=1S/C14H22N2O3SSi/c1-5-10-20-14(21(17-2,18-3)19-4)13-15-11-8-6-7-9-12(11)16-13/h6-9,14H,5,10H2,1-4H3,(H,15,16). The highest BCUT2D eigenvalue weighted by molar-refractivity contribution is 8.01. The molecule has 2 aromatic rings. The molecule has 1 N–H and O–H groups in total. The van der Waals surface area contributed by atoms with Crippen molar-refractivity contribution in [2.45, 2.75) is 18.2 Å². The smallest absolute Gasteiger partial charge is 0.376 e. The second kappa shape index (κ2) is 7.41. The maximum absolute atomic E-state index is 5.66. The van der Waals surface area contributed by atoms with Gasteiger partial charge in [-0.1, -0.05) is 19.1 Å². The lowest BCUT2D eigenvalue weighted by Gasteiger charge is -2.30. The molecule has 5 nitrogen and oxygen atoms in total. The number of aromatic nitrogens is 2. The van der Waals surface area contributed by atoms with Gasteiger partial charge in [-0.05, 0) is 24.3 Å². The molecular formula is C14H22N2O3SSi. The molecule has 1 aromatic heterocycles. The molecule has 2 rings (SSSR count). The lowest BCUT2D eigenvalue weighted by atomic mass is 10.3. The Labute approximate surface area is 130 Å². The molecule has 0 fully saturated rings. The van der Waals surface area contributed by atoms with Crippen molar-refractivity contribution in [1.29, 1.82) is 0 Å². The average Bonchev–Trinajstić information content (AvgIpc) is 2.95. The van der Waals surface area contributed by atoms with Crippen LogP contribution in [0.25, 0.3) is 11.0 Å². The Morgan fingerprint density at radius 2 is 1.86 bits per heavy atom. The highest BCUT2D eigenvalue weighted by Crippen LogP contribution is 2.38. The summed E-state index contributed by atoms with van der Waals surface area (Å²) < 4.78 is 17.0. The largest absolute Gasteiger partial charge is 0.521 e. The van der Waals surface area contributed by atoms with Gasteiger partial charge < -0.3 is 18.3 Å². The number of thioether (sulfide) groups is 1. The van der Waals surface area contributed by atoms with Crippen molar-refractivity contribution in [1.82, 2.24) is 9.97 Å². The Hall–Kier alpha value is -0.863. The van der Waals surface area contributed by atoms with E-state index in [1.807, 2.05) is 24.3 Å². The van der Waals surface area contributed by atoms with Gasteiger partial charge >= 0.3 is 8.80 Å². The number of rotatable bonds is 8. The Balaban J connectivity index is 2.43. The predicted molar refractivity (Wildman–Crippen MR) is 88.4 cm³/mol. The summed E-state index contributed by atoms with van der Waals surface area (Å²) in [6, 6.07) is 7.98. The molecule has 0 aliphatic heterocycles. The molecule has 0 radical (unpaired) electrons. The Bertz CT molecular complexity index is 533. The lowest BCUT2D eigenvalue weighted by Crippen LogP contribution is -2.48. The van der Waals surface area contributed by atoms with Crippen LogP contribution in [-0.2, 0) is 13.3 Å². The van der Waals surface area contributed by atoms with Crippen molar-refractivity contribution in [2.75, 3.05) is 27.1 Å². The van der Waals surface area contributed by atoms with E-state index >= 15 is 0 Å². The van der Waals surface area contributed by atoms with E-state index in [4.69, 9.17) is 18.3 Å². The van der Waals surface area contributed by atoms with Crippen molar-refractivity contribution in [3.63, 3.8) is 0 Å². The van der Waals surface area contributed by atoms with Crippen molar-refractivity contribution < 1.29 is 13.3 Å². The summed E-state index contributed by atoms with van der Waals surface area (Å²) in [6.07, 6.45) is 1.07. The van der Waals surface area contributed by atoms with E-state index in [1.54, 1.807) is 33.1 Å². The third-order valence-corrected chi connectivity index (χ3v) is 8.51. The number of aromatic amines is 1. The summed E-state index contributed by atoms with van der Waals surface area (Å²) in [4.78, 5) is 8.00. The SMILES string of the molecule is CCCSC(c1nc2ccccc2[nH]1)[Si](OC)(OC)OC. The second-order valence-electron chi connectivity index (χ2n) is 4.61. The summed E-state index contributed by atoms with van der Waals surface area (Å²) in [5.74, 6) is 1.85. The number of fused-ring (bicyclic) bond motifs is 1. The van der Waals surface area contributed by atoms with Crippen LogP contribution >= 0.6 is 11.8 Å². The topological polar surface area (TPSA) is 56.4 Å². The molecule has 0 bridgehead atoms. The minimum atomic E-state index is -2.82. The van der Waals surface area contributed by atoms with E-state index < -0.39 is 8.80 Å². The first-order valence-corrected chi connectivity index (χ1v) is 9.77. The van der Waals surface area contributed by atoms with Crippen LogP contribution in [0.1, 0.15) is 24.0 Å². The van der Waals surface area contributed by atoms with E-state index in [0.29, 0.717) is 0 Å². The minimum absolute atomic E-state index is 0.0650. The number of nitrogens with zero attached hydrogens (tertiary/aromatic N) is 1. The molecular weight excluding hydrogens is 304 g/mol. The van der Waals surface area contributed by atoms with Crippen LogP contribution in [0, 0.1) is 0 Å². The van der Waals surface area contributed by atoms with Gasteiger partial charge in [0.25, 0.3) is 0 Å². The number of hydrogen-bond acceptors (Lipinski definition) is 5. The van der Waals surface area contributed by atoms with Crippen LogP contribution in [0.2, 0.25) is 0 Å². The third-order valence-electron chi connectivity index (χ3n) is 3.32. The van der Waals surface area contributed by atoms with Crippen LogP contribution in [0.3, 0.4) is 0 Å². The number of nitrogens with one attached hydrogen (secondary N) is 1. The van der Waals surface area contributed by atoms with Crippen LogP contribution in [0.5, 0.6) is 0 Å². The van der Waals surface area contributed by atoms with E-state index in [1.165, 1.54) is 0 Å². The Morgan fingerprint density at radius 3 is 2.43 bits per heavy atom. The van der Waals surface area contributed by atoms with Gasteiger partial charge in [0.1, 0.15) is 10.7 Å². The molecule has 1 unspecified atom stereocenters. The van der Waals surface area contributed by atoms with Gasteiger partial charge in [0.2, 0.25) is 0 Å². The molecule has 0 aliphatic carbocycles. The number of hydrogen-bond donors (Lipinski definition) is 1. The summed E-state index contributed by atoms with van der Waals surface area (Å²) in [7, 11) is 2.10. The number of benzene rings is 1. The quantitative estimate of drug-likeness (QED) is 0.755. The number of H-pyrrole nitrogens is 1. The third kappa shape index (κ3) is 3.32. The maximum atomic E-state index is 5.66. The zero-order valence-electron chi connectivity index (χ0n) is 12.9. The molecule has 1 heterocycles. The first-order valence-electron chi connectivity index (χ1n) is 6.92. The van der Waals surface area contributed by atoms with Crippen molar-refractivity contribution in [3.8, 4) is 0 Å². The van der Waals surface area contributed by atoms with Crippen LogP contribution < -0.4 is 0 Å².